The second kappa shape index (κ2) is 10.6. The van der Waals surface area contributed by atoms with Gasteiger partial charge in [-0.1, -0.05) is 31.2 Å². The van der Waals surface area contributed by atoms with Crippen LogP contribution in [0.2, 0.25) is 0 Å². The van der Waals surface area contributed by atoms with Crippen molar-refractivity contribution in [1.82, 2.24) is 0 Å². The van der Waals surface area contributed by atoms with Gasteiger partial charge in [0.05, 0.1) is 0 Å². The van der Waals surface area contributed by atoms with E-state index in [1.54, 1.807) is 6.08 Å². The third-order valence-electron chi connectivity index (χ3n) is 2.05. The molecule has 5 nitrogen and oxygen atoms in total. The van der Waals surface area contributed by atoms with Crippen LogP contribution < -0.4 is 0 Å². The van der Waals surface area contributed by atoms with E-state index in [9.17, 15) is 0 Å². The Morgan fingerprint density at radius 1 is 1.41 bits per heavy atom. The van der Waals surface area contributed by atoms with Crippen LogP contribution in [0.15, 0.2) is 41.4 Å². The summed E-state index contributed by atoms with van der Waals surface area (Å²) < 4.78 is 0. The van der Waals surface area contributed by atoms with Crippen molar-refractivity contribution in [2.24, 2.45) is 11.2 Å². The molecule has 0 aliphatic heterocycles. The summed E-state index contributed by atoms with van der Waals surface area (Å²) in [7, 11) is 0. The minimum atomic E-state index is 0.533. The van der Waals surface area contributed by atoms with Gasteiger partial charge in [0.2, 0.25) is 0 Å². The molecule has 0 aromatic carbocycles. The molecular formula is C12H19N3O2. The molecule has 0 rings (SSSR count). The van der Waals surface area contributed by atoms with Gasteiger partial charge >= 0.3 is 0 Å². The standard InChI is InChI=1S/C12H19N3O2/c1-4-8-11(3)9-6-7-10-12(5-2)16-17-15-14-13/h4-8,11H,9-10H2,1-3H3/b7-6-,8-4?,12-5+. The van der Waals surface area contributed by atoms with Gasteiger partial charge in [-0.25, -0.2) is 4.99 Å². The Kier molecular flexibility index (Phi) is 9.47. The van der Waals surface area contributed by atoms with Crippen molar-refractivity contribution >= 4 is 0 Å². The molecule has 5 heteroatoms. The van der Waals surface area contributed by atoms with E-state index in [0.29, 0.717) is 18.1 Å². The van der Waals surface area contributed by atoms with Crippen LogP contribution in [-0.4, -0.2) is 0 Å². The van der Waals surface area contributed by atoms with Crippen LogP contribution in [0.25, 0.3) is 10.4 Å². The van der Waals surface area contributed by atoms with Crippen molar-refractivity contribution in [3.05, 3.63) is 46.6 Å². The molecule has 0 aromatic rings. The topological polar surface area (TPSA) is 67.2 Å². The Morgan fingerprint density at radius 3 is 2.76 bits per heavy atom. The summed E-state index contributed by atoms with van der Waals surface area (Å²) in [6.07, 6.45) is 11.6. The Morgan fingerprint density at radius 2 is 2.18 bits per heavy atom. The van der Waals surface area contributed by atoms with Gasteiger partial charge < -0.3 is 0 Å². The van der Waals surface area contributed by atoms with Gasteiger partial charge in [-0.2, -0.15) is 0 Å². The Balaban J connectivity index is 3.90. The van der Waals surface area contributed by atoms with Crippen LogP contribution in [0.3, 0.4) is 0 Å². The quantitative estimate of drug-likeness (QED) is 0.118. The van der Waals surface area contributed by atoms with Crippen LogP contribution in [-0.2, 0) is 9.88 Å². The number of hydrogen-bond donors (Lipinski definition) is 0. The molecule has 17 heavy (non-hydrogen) atoms. The lowest BCUT2D eigenvalue weighted by Gasteiger charge is -2.02. The van der Waals surface area contributed by atoms with Crippen LogP contribution >= 0.6 is 0 Å². The zero-order valence-corrected chi connectivity index (χ0v) is 10.5. The summed E-state index contributed by atoms with van der Waals surface area (Å²) in [6.45, 7) is 5.99. The summed E-state index contributed by atoms with van der Waals surface area (Å²) in [5.74, 6) is 1.14. The first-order valence-electron chi connectivity index (χ1n) is 5.55. The van der Waals surface area contributed by atoms with Crippen molar-refractivity contribution in [2.45, 2.75) is 33.6 Å². The highest BCUT2D eigenvalue weighted by Gasteiger charge is 1.96. The van der Waals surface area contributed by atoms with E-state index in [0.717, 1.165) is 6.42 Å². The third-order valence-corrected chi connectivity index (χ3v) is 2.05. The summed E-state index contributed by atoms with van der Waals surface area (Å²) >= 11 is 0. The fourth-order valence-corrected chi connectivity index (χ4v) is 1.20. The summed E-state index contributed by atoms with van der Waals surface area (Å²) in [6, 6.07) is 0. The Labute approximate surface area is 102 Å². The maximum absolute atomic E-state index is 7.99. The van der Waals surface area contributed by atoms with Crippen molar-refractivity contribution in [2.75, 3.05) is 0 Å². The maximum atomic E-state index is 7.99. The van der Waals surface area contributed by atoms with Crippen molar-refractivity contribution in [1.29, 1.82) is 0 Å². The smallest absolute Gasteiger partial charge is 0.156 e. The summed E-state index contributed by atoms with van der Waals surface area (Å²) in [4.78, 5) is 11.4. The molecular weight excluding hydrogens is 218 g/mol. The number of azide groups is 1. The third kappa shape index (κ3) is 9.08. The van der Waals surface area contributed by atoms with E-state index in [4.69, 9.17) is 10.4 Å². The van der Waals surface area contributed by atoms with E-state index >= 15 is 0 Å². The molecule has 0 heterocycles. The molecule has 0 fully saturated rings. The molecule has 1 unspecified atom stereocenters. The molecule has 0 aliphatic rings. The first-order chi connectivity index (χ1) is 8.24. The lowest BCUT2D eigenvalue weighted by atomic mass is 10.1. The SMILES string of the molecule is CC=CC(C)C/C=C\C/C(=C\C)OON=[N+]=[N-]. The normalized spacial score (nSPS) is 13.7. The van der Waals surface area contributed by atoms with Gasteiger partial charge in [-0.15, -0.1) is 0 Å². The van der Waals surface area contributed by atoms with E-state index in [1.807, 2.05) is 26.0 Å². The number of nitrogens with zero attached hydrogens (tertiary/aromatic N) is 3. The van der Waals surface area contributed by atoms with Gasteiger partial charge in [0.15, 0.2) is 11.0 Å². The fraction of sp³-hybridized carbons (Fsp3) is 0.500. The number of allylic oxidation sites excluding steroid dienone is 5. The van der Waals surface area contributed by atoms with Crippen molar-refractivity contribution in [3.63, 3.8) is 0 Å². The highest BCUT2D eigenvalue weighted by atomic mass is 17.3. The van der Waals surface area contributed by atoms with Crippen LogP contribution in [0.5, 0.6) is 0 Å². The number of hydrogen-bond acceptors (Lipinski definition) is 3. The molecule has 0 spiro atoms. The maximum Gasteiger partial charge on any atom is 0.156 e. The molecule has 0 bridgehead atoms. The van der Waals surface area contributed by atoms with E-state index < -0.39 is 0 Å². The molecule has 1 atom stereocenters. The first-order valence-corrected chi connectivity index (χ1v) is 5.55. The predicted octanol–water partition coefficient (Wildman–Crippen LogP) is 4.61. The van der Waals surface area contributed by atoms with Gasteiger partial charge in [0, 0.05) is 11.3 Å². The fourth-order valence-electron chi connectivity index (χ4n) is 1.20. The first kappa shape index (κ1) is 15.1. The molecule has 94 valence electrons. The zero-order valence-electron chi connectivity index (χ0n) is 10.5. The van der Waals surface area contributed by atoms with Gasteiger partial charge in [0.25, 0.3) is 0 Å². The molecule has 0 N–H and O–H groups in total. The minimum Gasteiger partial charge on any atom is -0.287 e. The molecule has 0 aromatic heterocycles. The molecule has 0 radical (unpaired) electrons. The summed E-state index contributed by atoms with van der Waals surface area (Å²) in [5.41, 5.74) is 7.99. The second-order valence-corrected chi connectivity index (χ2v) is 3.50. The average molecular weight is 237 g/mol. The predicted molar refractivity (Wildman–Crippen MR) is 67.4 cm³/mol. The van der Waals surface area contributed by atoms with Gasteiger partial charge in [-0.05, 0) is 37.8 Å². The van der Waals surface area contributed by atoms with Gasteiger partial charge in [0.1, 0.15) is 0 Å². The summed E-state index contributed by atoms with van der Waals surface area (Å²) in [5, 5.41) is 2.82. The van der Waals surface area contributed by atoms with E-state index in [-0.39, 0.29) is 0 Å². The lowest BCUT2D eigenvalue weighted by Crippen LogP contribution is -1.89. The lowest BCUT2D eigenvalue weighted by molar-refractivity contribution is -0.266. The van der Waals surface area contributed by atoms with E-state index in [1.165, 1.54) is 0 Å². The van der Waals surface area contributed by atoms with Gasteiger partial charge in [-0.3, -0.25) is 4.89 Å². The molecule has 0 saturated heterocycles. The minimum absolute atomic E-state index is 0.533. The highest BCUT2D eigenvalue weighted by molar-refractivity contribution is 5.00. The molecule has 0 amide bonds. The zero-order chi connectivity index (χ0) is 12.9. The molecule has 0 aliphatic carbocycles. The second-order valence-electron chi connectivity index (χ2n) is 3.50. The van der Waals surface area contributed by atoms with Crippen LogP contribution in [0.1, 0.15) is 33.6 Å². The van der Waals surface area contributed by atoms with Crippen molar-refractivity contribution in [3.8, 4) is 0 Å². The Bertz CT molecular complexity index is 329. The van der Waals surface area contributed by atoms with Crippen LogP contribution in [0.4, 0.5) is 0 Å². The Hall–Kier alpha value is -1.87. The average Bonchev–Trinajstić information content (AvgIpc) is 2.32. The largest absolute Gasteiger partial charge is 0.287 e. The monoisotopic (exact) mass is 237 g/mol. The number of rotatable bonds is 8. The van der Waals surface area contributed by atoms with Crippen LogP contribution in [0, 0.1) is 5.92 Å². The van der Waals surface area contributed by atoms with Crippen molar-refractivity contribution < 1.29 is 9.88 Å². The van der Waals surface area contributed by atoms with E-state index in [2.05, 4.69) is 34.3 Å². The highest BCUT2D eigenvalue weighted by Crippen LogP contribution is 2.09. The molecule has 0 saturated carbocycles.